The standard InChI is InChI=1S/C11H16N4S/c12-14-13-5-1-6-15(11-2-3-11)8-10-4-7-16-9-10/h4,7,9,11H,1-3,5-6,8H2. The van der Waals surface area contributed by atoms with Crippen molar-refractivity contribution in [1.29, 1.82) is 0 Å². The summed E-state index contributed by atoms with van der Waals surface area (Å²) in [6, 6.07) is 2.96. The first kappa shape index (κ1) is 11.5. The number of hydrogen-bond acceptors (Lipinski definition) is 3. The topological polar surface area (TPSA) is 52.0 Å². The van der Waals surface area contributed by atoms with Crippen LogP contribution in [-0.2, 0) is 6.54 Å². The lowest BCUT2D eigenvalue weighted by atomic mass is 10.3. The molecule has 0 spiro atoms. The van der Waals surface area contributed by atoms with Crippen molar-refractivity contribution in [2.24, 2.45) is 5.11 Å². The molecule has 86 valence electrons. The Balaban J connectivity index is 1.78. The molecule has 5 heteroatoms. The molecule has 0 aromatic carbocycles. The minimum Gasteiger partial charge on any atom is -0.296 e. The molecule has 1 saturated carbocycles. The second kappa shape index (κ2) is 5.89. The fraction of sp³-hybridized carbons (Fsp3) is 0.636. The zero-order valence-electron chi connectivity index (χ0n) is 9.25. The minimum absolute atomic E-state index is 0.614. The van der Waals surface area contributed by atoms with Crippen molar-refractivity contribution >= 4 is 11.3 Å². The molecule has 1 heterocycles. The van der Waals surface area contributed by atoms with Crippen molar-refractivity contribution in [2.45, 2.75) is 31.8 Å². The number of thiophene rings is 1. The van der Waals surface area contributed by atoms with Gasteiger partial charge in [-0.25, -0.2) is 0 Å². The summed E-state index contributed by atoms with van der Waals surface area (Å²) in [4.78, 5) is 5.29. The Labute approximate surface area is 99.5 Å². The van der Waals surface area contributed by atoms with E-state index >= 15 is 0 Å². The maximum atomic E-state index is 8.21. The van der Waals surface area contributed by atoms with Crippen molar-refractivity contribution in [3.63, 3.8) is 0 Å². The predicted octanol–water partition coefficient (Wildman–Crippen LogP) is 3.41. The summed E-state index contributed by atoms with van der Waals surface area (Å²) in [6.07, 6.45) is 3.61. The highest BCUT2D eigenvalue weighted by Crippen LogP contribution is 2.28. The Morgan fingerprint density at radius 2 is 2.44 bits per heavy atom. The summed E-state index contributed by atoms with van der Waals surface area (Å²) in [5.74, 6) is 0. The lowest BCUT2D eigenvalue weighted by molar-refractivity contribution is 0.253. The van der Waals surface area contributed by atoms with E-state index in [2.05, 4.69) is 31.8 Å². The summed E-state index contributed by atoms with van der Waals surface area (Å²) >= 11 is 1.75. The maximum Gasteiger partial charge on any atom is 0.0270 e. The van der Waals surface area contributed by atoms with Crippen molar-refractivity contribution < 1.29 is 0 Å². The van der Waals surface area contributed by atoms with Gasteiger partial charge in [0.05, 0.1) is 0 Å². The molecule has 4 nitrogen and oxygen atoms in total. The Hall–Kier alpha value is -1.03. The Kier molecular flexibility index (Phi) is 4.22. The fourth-order valence-electron chi connectivity index (χ4n) is 1.84. The third-order valence-electron chi connectivity index (χ3n) is 2.80. The molecule has 0 aliphatic heterocycles. The number of rotatable bonds is 7. The van der Waals surface area contributed by atoms with Crippen LogP contribution in [0, 0.1) is 0 Å². The van der Waals surface area contributed by atoms with Crippen molar-refractivity contribution in [3.05, 3.63) is 32.8 Å². The van der Waals surface area contributed by atoms with Gasteiger partial charge in [-0.2, -0.15) is 11.3 Å². The molecule has 1 aromatic heterocycles. The number of hydrogen-bond donors (Lipinski definition) is 0. The maximum absolute atomic E-state index is 8.21. The molecular weight excluding hydrogens is 220 g/mol. The molecule has 1 aliphatic rings. The summed E-state index contributed by atoms with van der Waals surface area (Å²) in [5.41, 5.74) is 9.61. The van der Waals surface area contributed by atoms with Crippen molar-refractivity contribution in [3.8, 4) is 0 Å². The lowest BCUT2D eigenvalue weighted by Gasteiger charge is -2.20. The Bertz CT molecular complexity index is 352. The van der Waals surface area contributed by atoms with Gasteiger partial charge < -0.3 is 0 Å². The summed E-state index contributed by atoms with van der Waals surface area (Å²) < 4.78 is 0. The van der Waals surface area contributed by atoms with Gasteiger partial charge in [0.2, 0.25) is 0 Å². The van der Waals surface area contributed by atoms with Crippen LogP contribution in [-0.4, -0.2) is 24.0 Å². The molecule has 0 atom stereocenters. The molecule has 16 heavy (non-hydrogen) atoms. The average molecular weight is 236 g/mol. The van der Waals surface area contributed by atoms with Crippen LogP contribution in [0.25, 0.3) is 10.4 Å². The lowest BCUT2D eigenvalue weighted by Crippen LogP contribution is -2.26. The fourth-order valence-corrected chi connectivity index (χ4v) is 2.50. The minimum atomic E-state index is 0.614. The second-order valence-electron chi connectivity index (χ2n) is 4.14. The first-order valence-electron chi connectivity index (χ1n) is 5.66. The highest BCUT2D eigenvalue weighted by molar-refractivity contribution is 7.07. The van der Waals surface area contributed by atoms with Gasteiger partial charge >= 0.3 is 0 Å². The van der Waals surface area contributed by atoms with E-state index in [1.54, 1.807) is 11.3 Å². The van der Waals surface area contributed by atoms with E-state index in [4.69, 9.17) is 5.53 Å². The van der Waals surface area contributed by atoms with Crippen LogP contribution < -0.4 is 0 Å². The van der Waals surface area contributed by atoms with Crippen LogP contribution in [0.1, 0.15) is 24.8 Å². The molecule has 1 aliphatic carbocycles. The van der Waals surface area contributed by atoms with Gasteiger partial charge in [-0.3, -0.25) is 4.90 Å². The molecule has 0 unspecified atom stereocenters. The summed E-state index contributed by atoms with van der Waals surface area (Å²) in [5, 5.41) is 7.91. The van der Waals surface area contributed by atoms with E-state index in [-0.39, 0.29) is 0 Å². The van der Waals surface area contributed by atoms with Crippen LogP contribution in [0.4, 0.5) is 0 Å². The first-order chi connectivity index (χ1) is 7.90. The molecule has 0 amide bonds. The Morgan fingerprint density at radius 1 is 1.56 bits per heavy atom. The third-order valence-corrected chi connectivity index (χ3v) is 3.53. The van der Waals surface area contributed by atoms with Gasteiger partial charge in [-0.1, -0.05) is 5.11 Å². The molecule has 2 rings (SSSR count). The van der Waals surface area contributed by atoms with Crippen LogP contribution in [0.3, 0.4) is 0 Å². The van der Waals surface area contributed by atoms with E-state index in [1.807, 2.05) is 0 Å². The van der Waals surface area contributed by atoms with E-state index in [0.29, 0.717) is 6.54 Å². The SMILES string of the molecule is [N-]=[N+]=NCCCN(Cc1ccsc1)C1CC1. The van der Waals surface area contributed by atoms with Crippen LogP contribution in [0.2, 0.25) is 0 Å². The van der Waals surface area contributed by atoms with Gasteiger partial charge in [0, 0.05) is 24.0 Å². The highest BCUT2D eigenvalue weighted by atomic mass is 32.1. The zero-order chi connectivity index (χ0) is 11.2. The normalized spacial score (nSPS) is 15.1. The van der Waals surface area contributed by atoms with E-state index in [0.717, 1.165) is 25.6 Å². The molecule has 0 saturated heterocycles. The quantitative estimate of drug-likeness (QED) is 0.310. The largest absolute Gasteiger partial charge is 0.296 e. The smallest absolute Gasteiger partial charge is 0.0270 e. The van der Waals surface area contributed by atoms with Crippen LogP contribution >= 0.6 is 11.3 Å². The zero-order valence-corrected chi connectivity index (χ0v) is 10.1. The number of nitrogens with zero attached hydrogens (tertiary/aromatic N) is 4. The second-order valence-corrected chi connectivity index (χ2v) is 4.92. The van der Waals surface area contributed by atoms with Crippen LogP contribution in [0.5, 0.6) is 0 Å². The van der Waals surface area contributed by atoms with Gasteiger partial charge in [0.25, 0.3) is 0 Å². The molecule has 0 N–H and O–H groups in total. The average Bonchev–Trinajstić information content (AvgIpc) is 3.02. The van der Waals surface area contributed by atoms with Crippen molar-refractivity contribution in [2.75, 3.05) is 13.1 Å². The van der Waals surface area contributed by atoms with Crippen LogP contribution in [0.15, 0.2) is 21.9 Å². The summed E-state index contributed by atoms with van der Waals surface area (Å²) in [6.45, 7) is 2.70. The van der Waals surface area contributed by atoms with E-state index in [1.165, 1.54) is 18.4 Å². The molecular formula is C11H16N4S. The highest BCUT2D eigenvalue weighted by Gasteiger charge is 2.28. The van der Waals surface area contributed by atoms with E-state index < -0.39 is 0 Å². The van der Waals surface area contributed by atoms with Gasteiger partial charge in [-0.05, 0) is 53.7 Å². The molecule has 1 aromatic rings. The monoisotopic (exact) mass is 236 g/mol. The summed E-state index contributed by atoms with van der Waals surface area (Å²) in [7, 11) is 0. The number of azide groups is 1. The predicted molar refractivity (Wildman–Crippen MR) is 66.4 cm³/mol. The molecule has 0 radical (unpaired) electrons. The van der Waals surface area contributed by atoms with Gasteiger partial charge in [-0.15, -0.1) is 0 Å². The van der Waals surface area contributed by atoms with Gasteiger partial charge in [0.15, 0.2) is 0 Å². The van der Waals surface area contributed by atoms with Gasteiger partial charge in [0.1, 0.15) is 0 Å². The van der Waals surface area contributed by atoms with E-state index in [9.17, 15) is 0 Å². The first-order valence-corrected chi connectivity index (χ1v) is 6.60. The Morgan fingerprint density at radius 3 is 3.06 bits per heavy atom. The molecule has 1 fully saturated rings. The molecule has 0 bridgehead atoms. The van der Waals surface area contributed by atoms with Crippen molar-refractivity contribution in [1.82, 2.24) is 4.90 Å². The third kappa shape index (κ3) is 3.52.